The molecule has 0 aliphatic heterocycles. The molecule has 0 aliphatic carbocycles. The summed E-state index contributed by atoms with van der Waals surface area (Å²) in [5.41, 5.74) is 7.94. The van der Waals surface area contributed by atoms with E-state index in [0.29, 0.717) is 24.5 Å². The Kier molecular flexibility index (Phi) is 3.70. The minimum absolute atomic E-state index is 0.177. The van der Waals surface area contributed by atoms with E-state index in [1.54, 1.807) is 23.0 Å². The molecule has 0 unspecified atom stereocenters. The molecule has 1 aromatic heterocycles. The van der Waals surface area contributed by atoms with Crippen LogP contribution < -0.4 is 11.1 Å². The van der Waals surface area contributed by atoms with Gasteiger partial charge in [0.1, 0.15) is 0 Å². The van der Waals surface area contributed by atoms with Gasteiger partial charge in [0, 0.05) is 12.7 Å². The third kappa shape index (κ3) is 3.04. The van der Waals surface area contributed by atoms with Gasteiger partial charge in [-0.2, -0.15) is 5.10 Å². The Bertz CT molecular complexity index is 592. The molecule has 6 nitrogen and oxygen atoms in total. The normalized spacial score (nSPS) is 10.4. The van der Waals surface area contributed by atoms with E-state index in [2.05, 4.69) is 10.4 Å². The monoisotopic (exact) mass is 260 g/mol. The number of nitrogens with one attached hydrogen (secondary N) is 1. The Morgan fingerprint density at radius 3 is 2.95 bits per heavy atom. The predicted molar refractivity (Wildman–Crippen MR) is 73.3 cm³/mol. The number of nitrogens with two attached hydrogens (primary N) is 1. The van der Waals surface area contributed by atoms with Crippen LogP contribution in [0.5, 0.6) is 0 Å². The minimum atomic E-state index is -0.996. The number of aromatic carboxylic acids is 1. The molecule has 0 bridgehead atoms. The van der Waals surface area contributed by atoms with Crippen LogP contribution in [0.3, 0.4) is 0 Å². The zero-order chi connectivity index (χ0) is 13.8. The standard InChI is InChI=1S/C13H16N4O2/c1-9-7-16-17(8-9)6-5-15-12-10(13(18)19)3-2-4-11(12)14/h2-4,7-8,15H,5-6,14H2,1H3,(H,18,19). The molecule has 0 spiro atoms. The molecule has 4 N–H and O–H groups in total. The van der Waals surface area contributed by atoms with Crippen LogP contribution in [0, 0.1) is 6.92 Å². The summed E-state index contributed by atoms with van der Waals surface area (Å²) in [6, 6.07) is 4.83. The van der Waals surface area contributed by atoms with Gasteiger partial charge >= 0.3 is 5.97 Å². The van der Waals surface area contributed by atoms with Gasteiger partial charge < -0.3 is 16.2 Å². The lowest BCUT2D eigenvalue weighted by Gasteiger charge is -2.12. The van der Waals surface area contributed by atoms with Crippen molar-refractivity contribution >= 4 is 17.3 Å². The molecule has 19 heavy (non-hydrogen) atoms. The first kappa shape index (κ1) is 12.9. The van der Waals surface area contributed by atoms with Gasteiger partial charge in [0.05, 0.1) is 29.7 Å². The van der Waals surface area contributed by atoms with Crippen LogP contribution in [0.15, 0.2) is 30.6 Å². The summed E-state index contributed by atoms with van der Waals surface area (Å²) < 4.78 is 1.79. The quantitative estimate of drug-likeness (QED) is 0.710. The minimum Gasteiger partial charge on any atom is -0.478 e. The SMILES string of the molecule is Cc1cnn(CCNc2c(N)cccc2C(=O)O)c1. The lowest BCUT2D eigenvalue weighted by molar-refractivity contribution is 0.0698. The number of rotatable bonds is 5. The summed E-state index contributed by atoms with van der Waals surface area (Å²) in [5, 5.41) is 16.3. The summed E-state index contributed by atoms with van der Waals surface area (Å²) in [4.78, 5) is 11.1. The van der Waals surface area contributed by atoms with E-state index in [4.69, 9.17) is 10.8 Å². The molecule has 6 heteroatoms. The van der Waals surface area contributed by atoms with Gasteiger partial charge in [-0.1, -0.05) is 6.07 Å². The highest BCUT2D eigenvalue weighted by Gasteiger charge is 2.11. The number of aryl methyl sites for hydroxylation is 1. The van der Waals surface area contributed by atoms with Crippen LogP contribution >= 0.6 is 0 Å². The van der Waals surface area contributed by atoms with E-state index in [0.717, 1.165) is 5.56 Å². The first-order valence-electron chi connectivity index (χ1n) is 5.92. The zero-order valence-corrected chi connectivity index (χ0v) is 10.6. The van der Waals surface area contributed by atoms with Crippen molar-refractivity contribution in [2.24, 2.45) is 0 Å². The fraction of sp³-hybridized carbons (Fsp3) is 0.231. The van der Waals surface area contributed by atoms with E-state index < -0.39 is 5.97 Å². The molecule has 2 rings (SSSR count). The van der Waals surface area contributed by atoms with Crippen molar-refractivity contribution in [3.63, 3.8) is 0 Å². The Morgan fingerprint density at radius 1 is 1.53 bits per heavy atom. The second kappa shape index (κ2) is 5.43. The van der Waals surface area contributed by atoms with Gasteiger partial charge in [-0.05, 0) is 24.6 Å². The first-order valence-corrected chi connectivity index (χ1v) is 5.92. The first-order chi connectivity index (χ1) is 9.08. The number of hydrogen-bond donors (Lipinski definition) is 3. The number of anilines is 2. The van der Waals surface area contributed by atoms with E-state index in [1.165, 1.54) is 6.07 Å². The average molecular weight is 260 g/mol. The topological polar surface area (TPSA) is 93.2 Å². The Hall–Kier alpha value is -2.50. The number of carbonyl (C=O) groups is 1. The molecule has 0 amide bonds. The highest BCUT2D eigenvalue weighted by atomic mass is 16.4. The van der Waals surface area contributed by atoms with Crippen molar-refractivity contribution in [3.8, 4) is 0 Å². The van der Waals surface area contributed by atoms with Crippen LogP contribution in [0.2, 0.25) is 0 Å². The number of aromatic nitrogens is 2. The van der Waals surface area contributed by atoms with Gasteiger partial charge in [-0.25, -0.2) is 4.79 Å². The highest BCUT2D eigenvalue weighted by molar-refractivity contribution is 5.97. The van der Waals surface area contributed by atoms with Crippen molar-refractivity contribution < 1.29 is 9.90 Å². The number of nitrogen functional groups attached to an aromatic ring is 1. The fourth-order valence-electron chi connectivity index (χ4n) is 1.83. The predicted octanol–water partition coefficient (Wildman–Crippen LogP) is 1.58. The summed E-state index contributed by atoms with van der Waals surface area (Å²) >= 11 is 0. The smallest absolute Gasteiger partial charge is 0.337 e. The molecule has 0 atom stereocenters. The van der Waals surface area contributed by atoms with Crippen LogP contribution in [-0.4, -0.2) is 27.4 Å². The largest absolute Gasteiger partial charge is 0.478 e. The maximum Gasteiger partial charge on any atom is 0.337 e. The number of para-hydroxylation sites is 1. The molecular formula is C13H16N4O2. The van der Waals surface area contributed by atoms with Crippen molar-refractivity contribution in [3.05, 3.63) is 41.7 Å². The van der Waals surface area contributed by atoms with Gasteiger partial charge in [0.25, 0.3) is 0 Å². The second-order valence-corrected chi connectivity index (χ2v) is 4.28. The number of carboxylic acids is 1. The molecular weight excluding hydrogens is 244 g/mol. The number of carboxylic acid groups (broad SMARTS) is 1. The molecule has 0 saturated carbocycles. The lowest BCUT2D eigenvalue weighted by Crippen LogP contribution is -2.14. The molecule has 1 heterocycles. The van der Waals surface area contributed by atoms with E-state index in [-0.39, 0.29) is 5.56 Å². The summed E-state index contributed by atoms with van der Waals surface area (Å²) in [5.74, 6) is -0.996. The number of nitrogens with zero attached hydrogens (tertiary/aromatic N) is 2. The lowest BCUT2D eigenvalue weighted by atomic mass is 10.1. The van der Waals surface area contributed by atoms with Gasteiger partial charge in [-0.3, -0.25) is 4.68 Å². The summed E-state index contributed by atoms with van der Waals surface area (Å²) in [6.07, 6.45) is 3.70. The molecule has 2 aromatic rings. The van der Waals surface area contributed by atoms with Gasteiger partial charge in [0.15, 0.2) is 0 Å². The van der Waals surface area contributed by atoms with Crippen molar-refractivity contribution in [2.45, 2.75) is 13.5 Å². The summed E-state index contributed by atoms with van der Waals surface area (Å²) in [7, 11) is 0. The third-order valence-electron chi connectivity index (χ3n) is 2.73. The van der Waals surface area contributed by atoms with Crippen LogP contribution in [0.1, 0.15) is 15.9 Å². The zero-order valence-electron chi connectivity index (χ0n) is 10.6. The van der Waals surface area contributed by atoms with Crippen molar-refractivity contribution in [1.82, 2.24) is 9.78 Å². The molecule has 0 aliphatic rings. The summed E-state index contributed by atoms with van der Waals surface area (Å²) in [6.45, 7) is 3.16. The van der Waals surface area contributed by atoms with Crippen LogP contribution in [-0.2, 0) is 6.54 Å². The molecule has 1 aromatic carbocycles. The van der Waals surface area contributed by atoms with E-state index in [9.17, 15) is 4.79 Å². The van der Waals surface area contributed by atoms with Gasteiger partial charge in [0.2, 0.25) is 0 Å². The van der Waals surface area contributed by atoms with E-state index in [1.807, 2.05) is 13.1 Å². The second-order valence-electron chi connectivity index (χ2n) is 4.28. The maximum atomic E-state index is 11.1. The molecule has 0 radical (unpaired) electrons. The third-order valence-corrected chi connectivity index (χ3v) is 2.73. The molecule has 0 saturated heterocycles. The highest BCUT2D eigenvalue weighted by Crippen LogP contribution is 2.23. The van der Waals surface area contributed by atoms with Crippen molar-refractivity contribution in [1.29, 1.82) is 0 Å². The number of hydrogen-bond acceptors (Lipinski definition) is 4. The van der Waals surface area contributed by atoms with E-state index >= 15 is 0 Å². The Balaban J connectivity index is 2.05. The maximum absolute atomic E-state index is 11.1. The Morgan fingerprint density at radius 2 is 2.32 bits per heavy atom. The van der Waals surface area contributed by atoms with Gasteiger partial charge in [-0.15, -0.1) is 0 Å². The van der Waals surface area contributed by atoms with Crippen LogP contribution in [0.4, 0.5) is 11.4 Å². The van der Waals surface area contributed by atoms with Crippen LogP contribution in [0.25, 0.3) is 0 Å². The fourth-order valence-corrected chi connectivity index (χ4v) is 1.83. The Labute approximate surface area is 110 Å². The molecule has 100 valence electrons. The van der Waals surface area contributed by atoms with Crippen molar-refractivity contribution in [2.75, 3.05) is 17.6 Å². The average Bonchev–Trinajstić information content (AvgIpc) is 2.77. The molecule has 0 fully saturated rings. The number of benzene rings is 1.